The number of carbonyl (C=O) groups is 1. The molecule has 0 saturated carbocycles. The third-order valence-electron chi connectivity index (χ3n) is 3.68. The van der Waals surface area contributed by atoms with Crippen LogP contribution in [0.4, 0.5) is 0 Å². The van der Waals surface area contributed by atoms with Gasteiger partial charge in [-0.25, -0.2) is 4.68 Å². The number of tetrazole rings is 1. The number of amides is 1. The Morgan fingerprint density at radius 3 is 2.54 bits per heavy atom. The Balaban J connectivity index is 1.35. The molecular weight excluding hydrogens is 354 g/mol. The van der Waals surface area contributed by atoms with E-state index in [1.807, 2.05) is 12.1 Å². The summed E-state index contributed by atoms with van der Waals surface area (Å²) in [7, 11) is 0. The maximum Gasteiger partial charge on any atom is 0.251 e. The number of unbranched alkanes of at least 4 members (excludes halogenated alkanes) is 1. The maximum atomic E-state index is 12.1. The predicted molar refractivity (Wildman–Crippen MR) is 97.7 cm³/mol. The lowest BCUT2D eigenvalue weighted by Gasteiger charge is -2.08. The molecule has 7 nitrogen and oxygen atoms in total. The molecule has 0 spiro atoms. The van der Waals surface area contributed by atoms with Gasteiger partial charge in [-0.2, -0.15) is 0 Å². The Labute approximate surface area is 155 Å². The van der Waals surface area contributed by atoms with Crippen LogP contribution in [0.25, 0.3) is 5.69 Å². The second-order valence-corrected chi connectivity index (χ2v) is 6.00. The average Bonchev–Trinajstić information content (AvgIpc) is 3.21. The highest BCUT2D eigenvalue weighted by Gasteiger charge is 2.05. The molecule has 0 aliphatic rings. The lowest BCUT2D eigenvalue weighted by Crippen LogP contribution is -2.24. The summed E-state index contributed by atoms with van der Waals surface area (Å²) in [6.07, 6.45) is 3.18. The highest BCUT2D eigenvalue weighted by atomic mass is 35.5. The van der Waals surface area contributed by atoms with E-state index < -0.39 is 0 Å². The van der Waals surface area contributed by atoms with Crippen LogP contribution in [-0.4, -0.2) is 39.3 Å². The number of nitrogens with zero attached hydrogens (tertiary/aromatic N) is 4. The Morgan fingerprint density at radius 1 is 1.08 bits per heavy atom. The zero-order chi connectivity index (χ0) is 18.2. The fourth-order valence-electron chi connectivity index (χ4n) is 2.30. The van der Waals surface area contributed by atoms with E-state index in [2.05, 4.69) is 20.8 Å². The Hall–Kier alpha value is -2.93. The molecule has 0 unspecified atom stereocenters. The van der Waals surface area contributed by atoms with Gasteiger partial charge in [0.05, 0.1) is 12.3 Å². The van der Waals surface area contributed by atoms with Crippen LogP contribution in [-0.2, 0) is 0 Å². The molecule has 0 radical (unpaired) electrons. The third-order valence-corrected chi connectivity index (χ3v) is 3.93. The number of hydrogen-bond acceptors (Lipinski definition) is 5. The van der Waals surface area contributed by atoms with Gasteiger partial charge >= 0.3 is 0 Å². The van der Waals surface area contributed by atoms with Crippen LogP contribution in [0.2, 0.25) is 5.02 Å². The summed E-state index contributed by atoms with van der Waals surface area (Å²) in [5.74, 6) is 0.688. The molecule has 0 aliphatic heterocycles. The highest BCUT2D eigenvalue weighted by molar-refractivity contribution is 6.30. The zero-order valence-electron chi connectivity index (χ0n) is 14.0. The standard InChI is InChI=1S/C18H18ClN5O2/c19-15-5-9-17(10-6-15)26-12-2-1-11-20-18(25)14-3-7-16(8-4-14)24-13-21-22-23-24/h3-10,13H,1-2,11-12H2,(H,20,25). The van der Waals surface area contributed by atoms with Crippen molar-refractivity contribution < 1.29 is 9.53 Å². The second-order valence-electron chi connectivity index (χ2n) is 5.57. The van der Waals surface area contributed by atoms with Crippen LogP contribution >= 0.6 is 11.6 Å². The predicted octanol–water partition coefficient (Wildman–Crippen LogP) is 2.90. The van der Waals surface area contributed by atoms with Gasteiger partial charge < -0.3 is 10.1 Å². The summed E-state index contributed by atoms with van der Waals surface area (Å²) in [6.45, 7) is 1.19. The zero-order valence-corrected chi connectivity index (χ0v) is 14.8. The van der Waals surface area contributed by atoms with Gasteiger partial charge in [0.1, 0.15) is 12.1 Å². The van der Waals surface area contributed by atoms with Crippen molar-refractivity contribution in [2.24, 2.45) is 0 Å². The molecule has 0 bridgehead atoms. The van der Waals surface area contributed by atoms with Crippen molar-refractivity contribution in [3.63, 3.8) is 0 Å². The van der Waals surface area contributed by atoms with Gasteiger partial charge in [-0.3, -0.25) is 4.79 Å². The first-order chi connectivity index (χ1) is 12.7. The van der Waals surface area contributed by atoms with E-state index in [1.54, 1.807) is 36.4 Å². The lowest BCUT2D eigenvalue weighted by atomic mass is 10.2. The van der Waals surface area contributed by atoms with E-state index >= 15 is 0 Å². The van der Waals surface area contributed by atoms with Gasteiger partial charge in [-0.15, -0.1) is 5.10 Å². The van der Waals surface area contributed by atoms with E-state index in [-0.39, 0.29) is 5.91 Å². The molecule has 1 heterocycles. The minimum Gasteiger partial charge on any atom is -0.494 e. The van der Waals surface area contributed by atoms with Crippen molar-refractivity contribution in [3.8, 4) is 11.4 Å². The number of ether oxygens (including phenoxy) is 1. The molecular formula is C18H18ClN5O2. The monoisotopic (exact) mass is 371 g/mol. The molecule has 3 rings (SSSR count). The van der Waals surface area contributed by atoms with Crippen LogP contribution in [0.1, 0.15) is 23.2 Å². The number of rotatable bonds is 8. The first-order valence-electron chi connectivity index (χ1n) is 8.22. The van der Waals surface area contributed by atoms with Crippen molar-refractivity contribution >= 4 is 17.5 Å². The largest absolute Gasteiger partial charge is 0.494 e. The van der Waals surface area contributed by atoms with E-state index in [0.717, 1.165) is 24.3 Å². The van der Waals surface area contributed by atoms with Crippen LogP contribution in [0.15, 0.2) is 54.9 Å². The Morgan fingerprint density at radius 2 is 1.85 bits per heavy atom. The number of hydrogen-bond donors (Lipinski definition) is 1. The van der Waals surface area contributed by atoms with Gasteiger partial charge in [-0.1, -0.05) is 11.6 Å². The fourth-order valence-corrected chi connectivity index (χ4v) is 2.42. The fraction of sp³-hybridized carbons (Fsp3) is 0.222. The van der Waals surface area contributed by atoms with Crippen molar-refractivity contribution in [2.75, 3.05) is 13.2 Å². The summed E-state index contributed by atoms with van der Waals surface area (Å²) in [4.78, 5) is 12.1. The van der Waals surface area contributed by atoms with Gasteiger partial charge in [0, 0.05) is 17.1 Å². The molecule has 0 atom stereocenters. The van der Waals surface area contributed by atoms with E-state index in [1.165, 1.54) is 11.0 Å². The summed E-state index contributed by atoms with van der Waals surface area (Å²) in [5.41, 5.74) is 1.39. The smallest absolute Gasteiger partial charge is 0.251 e. The van der Waals surface area contributed by atoms with Crippen LogP contribution in [0.3, 0.4) is 0 Å². The van der Waals surface area contributed by atoms with E-state index in [0.29, 0.717) is 23.7 Å². The number of halogens is 1. The molecule has 134 valence electrons. The first-order valence-corrected chi connectivity index (χ1v) is 8.60. The van der Waals surface area contributed by atoms with Gasteiger partial charge in [0.2, 0.25) is 0 Å². The first kappa shape index (κ1) is 17.9. The molecule has 1 amide bonds. The average molecular weight is 372 g/mol. The molecule has 26 heavy (non-hydrogen) atoms. The normalized spacial score (nSPS) is 10.5. The molecule has 1 aromatic heterocycles. The quantitative estimate of drug-likeness (QED) is 0.616. The summed E-state index contributed by atoms with van der Waals surface area (Å²) >= 11 is 5.82. The number of carbonyl (C=O) groups excluding carboxylic acids is 1. The minimum absolute atomic E-state index is 0.105. The number of aromatic nitrogens is 4. The topological polar surface area (TPSA) is 81.9 Å². The molecule has 0 saturated heterocycles. The van der Waals surface area contributed by atoms with Crippen LogP contribution in [0, 0.1) is 0 Å². The highest BCUT2D eigenvalue weighted by Crippen LogP contribution is 2.15. The molecule has 1 N–H and O–H groups in total. The summed E-state index contributed by atoms with van der Waals surface area (Å²) in [5, 5.41) is 14.6. The van der Waals surface area contributed by atoms with Crippen molar-refractivity contribution in [1.29, 1.82) is 0 Å². The van der Waals surface area contributed by atoms with Crippen LogP contribution < -0.4 is 10.1 Å². The van der Waals surface area contributed by atoms with Crippen molar-refractivity contribution in [1.82, 2.24) is 25.5 Å². The summed E-state index contributed by atoms with van der Waals surface area (Å²) < 4.78 is 7.14. The second kappa shape index (κ2) is 8.96. The minimum atomic E-state index is -0.105. The molecule has 0 fully saturated rings. The number of benzene rings is 2. The van der Waals surface area contributed by atoms with E-state index in [9.17, 15) is 4.79 Å². The van der Waals surface area contributed by atoms with Gasteiger partial charge in [0.15, 0.2) is 0 Å². The van der Waals surface area contributed by atoms with Crippen molar-refractivity contribution in [3.05, 3.63) is 65.4 Å². The van der Waals surface area contributed by atoms with Crippen molar-refractivity contribution in [2.45, 2.75) is 12.8 Å². The maximum absolute atomic E-state index is 12.1. The Bertz CT molecular complexity index is 820. The van der Waals surface area contributed by atoms with E-state index in [4.69, 9.17) is 16.3 Å². The Kier molecular flexibility index (Phi) is 6.16. The third kappa shape index (κ3) is 5.03. The molecule has 3 aromatic rings. The molecule has 8 heteroatoms. The number of nitrogens with one attached hydrogen (secondary N) is 1. The van der Waals surface area contributed by atoms with Gasteiger partial charge in [0.25, 0.3) is 5.91 Å². The summed E-state index contributed by atoms with van der Waals surface area (Å²) in [6, 6.07) is 14.3. The van der Waals surface area contributed by atoms with Gasteiger partial charge in [-0.05, 0) is 71.8 Å². The lowest BCUT2D eigenvalue weighted by molar-refractivity contribution is 0.0952. The molecule has 2 aromatic carbocycles. The molecule has 0 aliphatic carbocycles. The SMILES string of the molecule is O=C(NCCCCOc1ccc(Cl)cc1)c1ccc(-n2cnnn2)cc1. The van der Waals surface area contributed by atoms with Crippen LogP contribution in [0.5, 0.6) is 5.75 Å².